The number of allylic oxidation sites excluding steroid dienone is 12. The smallest absolute Gasteiger partial charge is 0.472 e. The Morgan fingerprint density at radius 1 is 0.554 bits per heavy atom. The van der Waals surface area contributed by atoms with Crippen LogP contribution in [-0.4, -0.2) is 59.9 Å². The zero-order valence-corrected chi connectivity index (χ0v) is 35.3. The molecule has 0 saturated heterocycles. The maximum Gasteiger partial charge on any atom is 0.472 e. The van der Waals surface area contributed by atoms with Crippen LogP contribution >= 0.6 is 7.82 Å². The van der Waals surface area contributed by atoms with Crippen LogP contribution in [0.4, 0.5) is 0 Å². The molecule has 0 aliphatic carbocycles. The average Bonchev–Trinajstić information content (AvgIpc) is 3.17. The molecule has 0 aromatic rings. The van der Waals surface area contributed by atoms with Gasteiger partial charge < -0.3 is 25.2 Å². The van der Waals surface area contributed by atoms with Crippen molar-refractivity contribution >= 4 is 25.7 Å². The summed E-state index contributed by atoms with van der Waals surface area (Å²) < 4.78 is 32.5. The second-order valence-electron chi connectivity index (χ2n) is 13.8. The minimum absolute atomic E-state index is 0.0933. The Morgan fingerprint density at radius 3 is 1.54 bits per heavy atom. The zero-order valence-electron chi connectivity index (χ0n) is 34.4. The first-order valence-electron chi connectivity index (χ1n) is 21.0. The molecule has 0 bridgehead atoms. The fraction of sp³-hybridized carbons (Fsp3) is 0.659. The molecule has 0 fully saturated rings. The van der Waals surface area contributed by atoms with Gasteiger partial charge in [-0.25, -0.2) is 4.57 Å². The molecule has 12 heteroatoms. The second kappa shape index (κ2) is 38.8. The third kappa shape index (κ3) is 37.8. The number of nitrogens with two attached hydrogens (primary N) is 1. The van der Waals surface area contributed by atoms with Crippen LogP contribution in [0.5, 0.6) is 0 Å². The third-order valence-electron chi connectivity index (χ3n) is 8.44. The summed E-state index contributed by atoms with van der Waals surface area (Å²) in [6, 6.07) is -1.53. The van der Waals surface area contributed by atoms with E-state index in [0.29, 0.717) is 12.8 Å². The van der Waals surface area contributed by atoms with Crippen LogP contribution in [0.2, 0.25) is 0 Å². The van der Waals surface area contributed by atoms with Crippen molar-refractivity contribution in [3.8, 4) is 0 Å². The molecule has 11 nitrogen and oxygen atoms in total. The first-order chi connectivity index (χ1) is 27.1. The number of esters is 2. The van der Waals surface area contributed by atoms with E-state index in [1.165, 1.54) is 51.4 Å². The molecule has 1 unspecified atom stereocenters. The molecule has 56 heavy (non-hydrogen) atoms. The third-order valence-corrected chi connectivity index (χ3v) is 9.39. The monoisotopic (exact) mass is 808 g/mol. The molecule has 0 rings (SSSR count). The number of carbonyl (C=O) groups is 3. The summed E-state index contributed by atoms with van der Waals surface area (Å²) in [5.41, 5.74) is 5.32. The molecular formula is C44H74NO10P. The quantitative estimate of drug-likeness (QED) is 0.0235. The van der Waals surface area contributed by atoms with E-state index in [1.54, 1.807) is 0 Å². The molecule has 0 aromatic heterocycles. The molecule has 0 saturated carbocycles. The standard InChI is InChI=1S/C44H74NO10P/c1-3-5-7-9-11-13-15-17-18-19-20-21-22-24-25-27-29-31-33-35-42(46)52-37-40(38-53-56(50,51)54-39-41(45)44(48)49)55-43(47)36-34-32-30-28-26-23-16-14-12-10-8-6-4-2/h11,13-14,16-18,20-21,24-25,29,31,40-41H,3-10,12,15,19,22-23,26-28,30,32-39,45H2,1-2H3,(H,48,49)(H,50,51)/b13-11-,16-14-,18-17-,21-20-,25-24-,31-29-/t40-,41+/m1/s1. The first kappa shape index (κ1) is 52.9. The van der Waals surface area contributed by atoms with Gasteiger partial charge in [-0.1, -0.05) is 138 Å². The topological polar surface area (TPSA) is 172 Å². The highest BCUT2D eigenvalue weighted by Gasteiger charge is 2.28. The van der Waals surface area contributed by atoms with Gasteiger partial charge in [-0.05, 0) is 77.0 Å². The van der Waals surface area contributed by atoms with E-state index in [2.05, 4.69) is 79.1 Å². The average molecular weight is 808 g/mol. The van der Waals surface area contributed by atoms with E-state index < -0.39 is 57.7 Å². The fourth-order valence-electron chi connectivity index (χ4n) is 5.10. The van der Waals surface area contributed by atoms with Gasteiger partial charge in [0.25, 0.3) is 0 Å². The van der Waals surface area contributed by atoms with Crippen LogP contribution in [0.3, 0.4) is 0 Å². The van der Waals surface area contributed by atoms with Crippen molar-refractivity contribution in [2.75, 3.05) is 19.8 Å². The zero-order chi connectivity index (χ0) is 41.4. The van der Waals surface area contributed by atoms with E-state index in [4.69, 9.17) is 24.8 Å². The molecule has 0 aliphatic heterocycles. The summed E-state index contributed by atoms with van der Waals surface area (Å²) in [4.78, 5) is 45.8. The van der Waals surface area contributed by atoms with Crippen LogP contribution in [-0.2, 0) is 37.5 Å². The lowest BCUT2D eigenvalue weighted by Gasteiger charge is -2.20. The first-order valence-corrected chi connectivity index (χ1v) is 22.5. The van der Waals surface area contributed by atoms with E-state index in [1.807, 2.05) is 12.2 Å². The van der Waals surface area contributed by atoms with Gasteiger partial charge in [0.15, 0.2) is 6.10 Å². The SMILES string of the molecule is CCCCC/C=C\C/C=C\C/C=C\C/C=C\C/C=C\CCC(=O)OC[C@H](COP(=O)(O)OC[C@H](N)C(=O)O)OC(=O)CCCCCCC/C=C\CCCCCC. The van der Waals surface area contributed by atoms with E-state index in [9.17, 15) is 23.8 Å². The number of unbranched alkanes of at least 4 members (excludes halogenated alkanes) is 12. The number of rotatable bonds is 38. The molecule has 0 heterocycles. The van der Waals surface area contributed by atoms with Gasteiger partial charge >= 0.3 is 25.7 Å². The van der Waals surface area contributed by atoms with Crippen LogP contribution < -0.4 is 5.73 Å². The van der Waals surface area contributed by atoms with Crippen molar-refractivity contribution in [2.24, 2.45) is 5.73 Å². The number of ether oxygens (including phenoxy) is 2. The summed E-state index contributed by atoms with van der Waals surface area (Å²) >= 11 is 0. The Bertz CT molecular complexity index is 1230. The van der Waals surface area contributed by atoms with Crippen molar-refractivity contribution in [1.82, 2.24) is 0 Å². The van der Waals surface area contributed by atoms with Gasteiger partial charge in [-0.3, -0.25) is 23.4 Å². The summed E-state index contributed by atoms with van der Waals surface area (Å²) in [6.07, 6.45) is 45.5. The molecule has 320 valence electrons. The maximum absolute atomic E-state index is 12.6. The summed E-state index contributed by atoms with van der Waals surface area (Å²) in [7, 11) is -4.73. The number of aliphatic carboxylic acids is 1. The Kier molecular flexibility index (Phi) is 36.6. The Hall–Kier alpha value is -3.08. The molecule has 0 aliphatic rings. The van der Waals surface area contributed by atoms with Crippen molar-refractivity contribution in [3.05, 3.63) is 72.9 Å². The maximum atomic E-state index is 12.6. The van der Waals surface area contributed by atoms with E-state index in [-0.39, 0.29) is 12.8 Å². The molecular weight excluding hydrogens is 733 g/mol. The van der Waals surface area contributed by atoms with Crippen LogP contribution in [0.15, 0.2) is 72.9 Å². The van der Waals surface area contributed by atoms with Crippen molar-refractivity contribution in [3.63, 3.8) is 0 Å². The molecule has 0 spiro atoms. The number of hydrogen-bond acceptors (Lipinski definition) is 9. The number of phosphoric acid groups is 1. The second-order valence-corrected chi connectivity index (χ2v) is 15.2. The van der Waals surface area contributed by atoms with Gasteiger partial charge in [-0.2, -0.15) is 0 Å². The number of hydrogen-bond donors (Lipinski definition) is 3. The Labute approximate surface area is 338 Å². The lowest BCUT2D eigenvalue weighted by atomic mass is 10.1. The highest BCUT2D eigenvalue weighted by atomic mass is 31.2. The van der Waals surface area contributed by atoms with Crippen molar-refractivity contribution in [2.45, 2.75) is 167 Å². The normalized spacial score (nSPS) is 14.5. The minimum Gasteiger partial charge on any atom is -0.480 e. The van der Waals surface area contributed by atoms with Crippen LogP contribution in [0, 0.1) is 0 Å². The number of carbonyl (C=O) groups excluding carboxylic acids is 2. The van der Waals surface area contributed by atoms with Crippen LogP contribution in [0.1, 0.15) is 155 Å². The van der Waals surface area contributed by atoms with Crippen molar-refractivity contribution < 1.29 is 47.5 Å². The van der Waals surface area contributed by atoms with E-state index >= 15 is 0 Å². The van der Waals surface area contributed by atoms with E-state index in [0.717, 1.165) is 64.2 Å². The lowest BCUT2D eigenvalue weighted by Crippen LogP contribution is -2.34. The summed E-state index contributed by atoms with van der Waals surface area (Å²) in [6.45, 7) is 2.65. The predicted molar refractivity (Wildman–Crippen MR) is 226 cm³/mol. The lowest BCUT2D eigenvalue weighted by molar-refractivity contribution is -0.161. The molecule has 0 amide bonds. The van der Waals surface area contributed by atoms with Gasteiger partial charge in [0.05, 0.1) is 13.2 Å². The highest BCUT2D eigenvalue weighted by molar-refractivity contribution is 7.47. The summed E-state index contributed by atoms with van der Waals surface area (Å²) in [5.74, 6) is -2.50. The van der Waals surface area contributed by atoms with Gasteiger partial charge in [-0.15, -0.1) is 0 Å². The number of carboxylic acid groups (broad SMARTS) is 1. The molecule has 3 atom stereocenters. The predicted octanol–water partition coefficient (Wildman–Crippen LogP) is 10.9. The van der Waals surface area contributed by atoms with Gasteiger partial charge in [0.2, 0.25) is 0 Å². The van der Waals surface area contributed by atoms with Gasteiger partial charge in [0.1, 0.15) is 12.6 Å². The van der Waals surface area contributed by atoms with Crippen molar-refractivity contribution in [1.29, 1.82) is 0 Å². The highest BCUT2D eigenvalue weighted by Crippen LogP contribution is 2.43. The number of phosphoric ester groups is 1. The van der Waals surface area contributed by atoms with Crippen LogP contribution in [0.25, 0.3) is 0 Å². The molecule has 0 aromatic carbocycles. The summed E-state index contributed by atoms with van der Waals surface area (Å²) in [5, 5.41) is 8.87. The number of carboxylic acids is 1. The fourth-order valence-corrected chi connectivity index (χ4v) is 5.88. The van der Waals surface area contributed by atoms with Gasteiger partial charge in [0, 0.05) is 12.8 Å². The Morgan fingerprint density at radius 2 is 0.982 bits per heavy atom. The minimum atomic E-state index is -4.73. The molecule has 4 N–H and O–H groups in total. The largest absolute Gasteiger partial charge is 0.480 e. The Balaban J connectivity index is 4.53. The molecule has 0 radical (unpaired) electrons.